The molecule has 1 unspecified atom stereocenters. The van der Waals surface area contributed by atoms with Crippen molar-refractivity contribution in [3.63, 3.8) is 0 Å². The van der Waals surface area contributed by atoms with E-state index in [0.29, 0.717) is 19.4 Å². The second-order valence-electron chi connectivity index (χ2n) is 10.4. The Kier molecular flexibility index (Phi) is 7.66. The van der Waals surface area contributed by atoms with Gasteiger partial charge in [-0.1, -0.05) is 33.3 Å². The molecule has 1 aromatic carbocycles. The molecular weight excluding hydrogens is 458 g/mol. The Hall–Kier alpha value is -3.36. The van der Waals surface area contributed by atoms with Gasteiger partial charge in [-0.25, -0.2) is 4.79 Å². The van der Waals surface area contributed by atoms with Gasteiger partial charge < -0.3 is 15.5 Å². The van der Waals surface area contributed by atoms with E-state index in [1.165, 1.54) is 20.6 Å². The number of aryl methyl sites for hydroxylation is 2. The highest BCUT2D eigenvalue weighted by molar-refractivity contribution is 6.05. The minimum atomic E-state index is -0.679. The van der Waals surface area contributed by atoms with E-state index >= 15 is 0 Å². The SMILES string of the molecule is CCCCn1c(N)c(N(CCC(C)C)C(=O)C2CC(=O)N(c3ccc4c(c3)CCC4)C2)c(=O)[nH]c1=O. The fourth-order valence-corrected chi connectivity index (χ4v) is 5.16. The first-order valence-electron chi connectivity index (χ1n) is 13.1. The monoisotopic (exact) mass is 495 g/mol. The second-order valence-corrected chi connectivity index (χ2v) is 10.4. The number of nitrogens with two attached hydrogens (primary N) is 1. The molecular formula is C27H37N5O4. The number of rotatable bonds is 9. The third-order valence-electron chi connectivity index (χ3n) is 7.28. The van der Waals surface area contributed by atoms with Crippen LogP contribution in [0.3, 0.4) is 0 Å². The Balaban J connectivity index is 1.65. The van der Waals surface area contributed by atoms with Crippen LogP contribution in [0.4, 0.5) is 17.2 Å². The average molecular weight is 496 g/mol. The molecule has 0 spiro atoms. The number of unbranched alkanes of at least 4 members (excludes halogenated alkanes) is 1. The minimum Gasteiger partial charge on any atom is -0.383 e. The summed E-state index contributed by atoms with van der Waals surface area (Å²) in [6, 6.07) is 6.10. The van der Waals surface area contributed by atoms with E-state index in [1.807, 2.05) is 26.8 Å². The van der Waals surface area contributed by atoms with E-state index in [4.69, 9.17) is 5.73 Å². The van der Waals surface area contributed by atoms with Crippen molar-refractivity contribution in [1.82, 2.24) is 9.55 Å². The largest absolute Gasteiger partial charge is 0.383 e. The molecule has 1 atom stereocenters. The van der Waals surface area contributed by atoms with E-state index in [9.17, 15) is 19.2 Å². The normalized spacial score (nSPS) is 17.2. The summed E-state index contributed by atoms with van der Waals surface area (Å²) in [5.41, 5.74) is 8.49. The summed E-state index contributed by atoms with van der Waals surface area (Å²) in [5.74, 6) is -0.753. The first kappa shape index (κ1) is 25.7. The number of nitrogens with zero attached hydrogens (tertiary/aromatic N) is 3. The van der Waals surface area contributed by atoms with Gasteiger partial charge >= 0.3 is 5.69 Å². The predicted molar refractivity (Wildman–Crippen MR) is 141 cm³/mol. The topological polar surface area (TPSA) is 121 Å². The Labute approximate surface area is 211 Å². The molecule has 1 aliphatic carbocycles. The van der Waals surface area contributed by atoms with Crippen molar-refractivity contribution in [2.24, 2.45) is 11.8 Å². The molecule has 1 saturated heterocycles. The van der Waals surface area contributed by atoms with Gasteiger partial charge in [0.25, 0.3) is 5.56 Å². The zero-order valence-corrected chi connectivity index (χ0v) is 21.5. The third-order valence-corrected chi connectivity index (χ3v) is 7.28. The first-order chi connectivity index (χ1) is 17.2. The van der Waals surface area contributed by atoms with E-state index in [-0.39, 0.29) is 48.7 Å². The third kappa shape index (κ3) is 5.10. The molecule has 4 rings (SSSR count). The van der Waals surface area contributed by atoms with Crippen LogP contribution in [0.1, 0.15) is 64.0 Å². The fourth-order valence-electron chi connectivity index (χ4n) is 5.16. The number of aromatic amines is 1. The molecule has 194 valence electrons. The van der Waals surface area contributed by atoms with Gasteiger partial charge in [-0.2, -0.15) is 0 Å². The number of hydrogen-bond donors (Lipinski definition) is 2. The standard InChI is InChI=1S/C27H37N5O4/c1-4-5-12-31-24(28)23(25(34)29-27(31)36)30(13-11-17(2)3)26(35)20-15-22(33)32(16-20)21-10-9-18-7-6-8-19(18)14-21/h9-10,14,17,20H,4-8,11-13,15-16,28H2,1-3H3,(H,29,34,36). The van der Waals surface area contributed by atoms with Crippen molar-refractivity contribution in [3.8, 4) is 0 Å². The summed E-state index contributed by atoms with van der Waals surface area (Å²) in [4.78, 5) is 57.6. The van der Waals surface area contributed by atoms with Crippen molar-refractivity contribution < 1.29 is 9.59 Å². The van der Waals surface area contributed by atoms with Crippen molar-refractivity contribution in [2.75, 3.05) is 28.6 Å². The number of H-pyrrole nitrogens is 1. The van der Waals surface area contributed by atoms with Crippen molar-refractivity contribution >= 4 is 29.0 Å². The van der Waals surface area contributed by atoms with Crippen LogP contribution in [0.5, 0.6) is 0 Å². The summed E-state index contributed by atoms with van der Waals surface area (Å²) in [5, 5.41) is 0. The van der Waals surface area contributed by atoms with Crippen LogP contribution in [0.15, 0.2) is 27.8 Å². The highest BCUT2D eigenvalue weighted by Gasteiger charge is 2.39. The highest BCUT2D eigenvalue weighted by Crippen LogP contribution is 2.32. The summed E-state index contributed by atoms with van der Waals surface area (Å²) in [7, 11) is 0. The Bertz CT molecular complexity index is 1260. The molecule has 1 fully saturated rings. The average Bonchev–Trinajstić information content (AvgIpc) is 3.46. The molecule has 36 heavy (non-hydrogen) atoms. The van der Waals surface area contributed by atoms with Gasteiger partial charge in [-0.05, 0) is 61.3 Å². The molecule has 3 N–H and O–H groups in total. The van der Waals surface area contributed by atoms with Crippen LogP contribution in [-0.2, 0) is 29.0 Å². The lowest BCUT2D eigenvalue weighted by Gasteiger charge is -2.27. The number of benzene rings is 1. The summed E-state index contributed by atoms with van der Waals surface area (Å²) < 4.78 is 1.33. The van der Waals surface area contributed by atoms with E-state index in [1.54, 1.807) is 4.90 Å². The van der Waals surface area contributed by atoms with Crippen LogP contribution < -0.4 is 26.8 Å². The molecule has 2 aliphatic rings. The van der Waals surface area contributed by atoms with Gasteiger partial charge in [0.15, 0.2) is 5.69 Å². The zero-order valence-electron chi connectivity index (χ0n) is 21.5. The van der Waals surface area contributed by atoms with Crippen LogP contribution in [-0.4, -0.2) is 34.5 Å². The second kappa shape index (κ2) is 10.7. The predicted octanol–water partition coefficient (Wildman–Crippen LogP) is 2.84. The number of amides is 2. The van der Waals surface area contributed by atoms with Crippen molar-refractivity contribution in [3.05, 3.63) is 50.2 Å². The molecule has 0 radical (unpaired) electrons. The van der Waals surface area contributed by atoms with Crippen molar-refractivity contribution in [1.29, 1.82) is 0 Å². The molecule has 1 aromatic heterocycles. The number of anilines is 3. The molecule has 9 nitrogen and oxygen atoms in total. The number of hydrogen-bond acceptors (Lipinski definition) is 5. The van der Waals surface area contributed by atoms with Crippen LogP contribution in [0, 0.1) is 11.8 Å². The molecule has 1 aliphatic heterocycles. The Morgan fingerprint density at radius 2 is 1.94 bits per heavy atom. The molecule has 9 heteroatoms. The number of nitrogen functional groups attached to an aromatic ring is 1. The Morgan fingerprint density at radius 1 is 1.19 bits per heavy atom. The zero-order chi connectivity index (χ0) is 26.0. The molecule has 2 amide bonds. The Morgan fingerprint density at radius 3 is 2.67 bits per heavy atom. The summed E-state index contributed by atoms with van der Waals surface area (Å²) >= 11 is 0. The number of carbonyl (C=O) groups is 2. The highest BCUT2D eigenvalue weighted by atomic mass is 16.2. The van der Waals surface area contributed by atoms with Gasteiger partial charge in [0, 0.05) is 31.7 Å². The number of aromatic nitrogens is 2. The van der Waals surface area contributed by atoms with Gasteiger partial charge in [0.2, 0.25) is 11.8 Å². The maximum absolute atomic E-state index is 13.8. The lowest BCUT2D eigenvalue weighted by molar-refractivity contribution is -0.124. The van der Waals surface area contributed by atoms with Crippen LogP contribution >= 0.6 is 0 Å². The summed E-state index contributed by atoms with van der Waals surface area (Å²) in [6.07, 6.45) is 5.46. The lowest BCUT2D eigenvalue weighted by atomic mass is 10.0. The lowest BCUT2D eigenvalue weighted by Crippen LogP contribution is -2.44. The minimum absolute atomic E-state index is 0.000201. The number of carbonyl (C=O) groups excluding carboxylic acids is 2. The van der Waals surface area contributed by atoms with Gasteiger partial charge in [0.1, 0.15) is 5.82 Å². The van der Waals surface area contributed by atoms with Gasteiger partial charge in [0.05, 0.1) is 5.92 Å². The molecule has 0 bridgehead atoms. The van der Waals surface area contributed by atoms with Gasteiger partial charge in [-0.15, -0.1) is 0 Å². The van der Waals surface area contributed by atoms with Crippen LogP contribution in [0.25, 0.3) is 0 Å². The maximum Gasteiger partial charge on any atom is 0.330 e. The number of nitrogens with one attached hydrogen (secondary N) is 1. The van der Waals surface area contributed by atoms with Crippen LogP contribution in [0.2, 0.25) is 0 Å². The number of fused-ring (bicyclic) bond motifs is 1. The van der Waals surface area contributed by atoms with E-state index in [2.05, 4.69) is 17.1 Å². The van der Waals surface area contributed by atoms with Gasteiger partial charge in [-0.3, -0.25) is 23.9 Å². The maximum atomic E-state index is 13.8. The van der Waals surface area contributed by atoms with E-state index in [0.717, 1.165) is 31.4 Å². The van der Waals surface area contributed by atoms with E-state index < -0.39 is 17.2 Å². The molecule has 0 saturated carbocycles. The summed E-state index contributed by atoms with van der Waals surface area (Å²) in [6.45, 7) is 6.95. The smallest absolute Gasteiger partial charge is 0.330 e. The first-order valence-corrected chi connectivity index (χ1v) is 13.1. The van der Waals surface area contributed by atoms with Crippen molar-refractivity contribution in [2.45, 2.75) is 72.3 Å². The fraction of sp³-hybridized carbons (Fsp3) is 0.556. The molecule has 2 heterocycles. The molecule has 2 aromatic rings. The quantitative estimate of drug-likeness (QED) is 0.554.